The minimum atomic E-state index is -0.570. The Bertz CT molecular complexity index is 1680. The first-order valence-electron chi connectivity index (χ1n) is 13.3. The third kappa shape index (κ3) is 5.50. The molecule has 0 aliphatic heterocycles. The zero-order chi connectivity index (χ0) is 28.1. The number of methoxy groups -OCH3 is 1. The summed E-state index contributed by atoms with van der Waals surface area (Å²) in [4.78, 5) is 34.6. The monoisotopic (exact) mass is 535 g/mol. The summed E-state index contributed by atoms with van der Waals surface area (Å²) in [6.07, 6.45) is 1.07. The lowest BCUT2D eigenvalue weighted by Gasteiger charge is -2.32. The topological polar surface area (TPSA) is 64.4 Å². The van der Waals surface area contributed by atoms with Crippen molar-refractivity contribution in [3.05, 3.63) is 136 Å². The SMILES string of the molecule is CCC(c1nc2ccccc2c(=O)n1-c1ccc(OC)cc1)N(CCc1ccccc1)C(=O)c1cccc(F)c1. The largest absolute Gasteiger partial charge is 0.497 e. The molecule has 0 N–H and O–H groups in total. The molecule has 0 aliphatic rings. The number of aromatic nitrogens is 2. The van der Waals surface area contributed by atoms with Gasteiger partial charge in [-0.2, -0.15) is 0 Å². The average molecular weight is 536 g/mol. The lowest BCUT2D eigenvalue weighted by molar-refractivity contribution is 0.0661. The Kier molecular flexibility index (Phi) is 8.01. The number of rotatable bonds is 9. The van der Waals surface area contributed by atoms with Crippen LogP contribution < -0.4 is 10.3 Å². The van der Waals surface area contributed by atoms with Gasteiger partial charge in [-0.05, 0) is 73.0 Å². The molecular weight excluding hydrogens is 505 g/mol. The van der Waals surface area contributed by atoms with Crippen molar-refractivity contribution in [3.63, 3.8) is 0 Å². The van der Waals surface area contributed by atoms with E-state index in [-0.39, 0.29) is 17.0 Å². The van der Waals surface area contributed by atoms with Gasteiger partial charge in [0.25, 0.3) is 11.5 Å². The van der Waals surface area contributed by atoms with Crippen LogP contribution in [0.1, 0.15) is 41.1 Å². The van der Waals surface area contributed by atoms with Crippen molar-refractivity contribution in [2.45, 2.75) is 25.8 Å². The Morgan fingerprint density at radius 1 is 0.950 bits per heavy atom. The standard InChI is InChI=1S/C33H30FN3O3/c1-3-30(36(21-20-23-10-5-4-6-11-23)32(38)24-12-9-13-25(34)22-24)31-35-29-15-8-7-14-28(29)33(39)37(31)26-16-18-27(40-2)19-17-26/h4-19,22,30H,3,20-21H2,1-2H3. The predicted octanol–water partition coefficient (Wildman–Crippen LogP) is 6.37. The number of halogens is 1. The molecular formula is C33H30FN3O3. The van der Waals surface area contributed by atoms with Gasteiger partial charge in [-0.25, -0.2) is 9.37 Å². The second-order valence-electron chi connectivity index (χ2n) is 9.49. The first kappa shape index (κ1) is 26.8. The number of ether oxygens (including phenoxy) is 1. The van der Waals surface area contributed by atoms with E-state index in [2.05, 4.69) is 0 Å². The fourth-order valence-electron chi connectivity index (χ4n) is 4.98. The highest BCUT2D eigenvalue weighted by atomic mass is 19.1. The van der Waals surface area contributed by atoms with E-state index in [1.165, 1.54) is 18.2 Å². The third-order valence-electron chi connectivity index (χ3n) is 7.01. The van der Waals surface area contributed by atoms with Crippen LogP contribution in [0.5, 0.6) is 5.75 Å². The van der Waals surface area contributed by atoms with E-state index in [1.807, 2.05) is 43.3 Å². The van der Waals surface area contributed by atoms with Gasteiger partial charge in [0.1, 0.15) is 17.4 Å². The molecule has 0 spiro atoms. The maximum Gasteiger partial charge on any atom is 0.266 e. The Morgan fingerprint density at radius 2 is 1.68 bits per heavy atom. The number of benzene rings is 4. The van der Waals surface area contributed by atoms with Crippen LogP contribution in [0.4, 0.5) is 4.39 Å². The molecule has 0 radical (unpaired) electrons. The second-order valence-corrected chi connectivity index (χ2v) is 9.49. The van der Waals surface area contributed by atoms with Crippen LogP contribution in [-0.4, -0.2) is 34.0 Å². The Hall–Kier alpha value is -4.78. The number of fused-ring (bicyclic) bond motifs is 1. The number of nitrogens with zero attached hydrogens (tertiary/aromatic N) is 3. The first-order chi connectivity index (χ1) is 19.5. The van der Waals surface area contributed by atoms with Crippen molar-refractivity contribution in [2.75, 3.05) is 13.7 Å². The molecule has 202 valence electrons. The lowest BCUT2D eigenvalue weighted by Crippen LogP contribution is -2.39. The quantitative estimate of drug-likeness (QED) is 0.220. The minimum Gasteiger partial charge on any atom is -0.497 e. The summed E-state index contributed by atoms with van der Waals surface area (Å²) >= 11 is 0. The second kappa shape index (κ2) is 11.9. The molecule has 7 heteroatoms. The zero-order valence-electron chi connectivity index (χ0n) is 22.5. The number of para-hydroxylation sites is 1. The van der Waals surface area contributed by atoms with Gasteiger partial charge in [-0.3, -0.25) is 14.2 Å². The number of hydrogen-bond donors (Lipinski definition) is 0. The van der Waals surface area contributed by atoms with Crippen molar-refractivity contribution < 1.29 is 13.9 Å². The van der Waals surface area contributed by atoms with E-state index in [4.69, 9.17) is 9.72 Å². The third-order valence-corrected chi connectivity index (χ3v) is 7.01. The Morgan fingerprint density at radius 3 is 2.38 bits per heavy atom. The highest BCUT2D eigenvalue weighted by Crippen LogP contribution is 2.28. The molecule has 1 unspecified atom stereocenters. The molecule has 6 nitrogen and oxygen atoms in total. The Labute approximate surface area is 232 Å². The van der Waals surface area contributed by atoms with Crippen molar-refractivity contribution in [3.8, 4) is 11.4 Å². The van der Waals surface area contributed by atoms with Gasteiger partial charge in [0.15, 0.2) is 0 Å². The Balaban J connectivity index is 1.68. The van der Waals surface area contributed by atoms with E-state index in [9.17, 15) is 14.0 Å². The summed E-state index contributed by atoms with van der Waals surface area (Å²) in [6.45, 7) is 2.31. The molecule has 0 saturated carbocycles. The molecule has 0 saturated heterocycles. The highest BCUT2D eigenvalue weighted by Gasteiger charge is 2.30. The molecule has 1 heterocycles. The molecule has 5 aromatic rings. The maximum absolute atomic E-state index is 14.2. The van der Waals surface area contributed by atoms with E-state index in [0.29, 0.717) is 47.6 Å². The fraction of sp³-hybridized carbons (Fsp3) is 0.182. The molecule has 5 rings (SSSR count). The van der Waals surface area contributed by atoms with Crippen LogP contribution in [0.15, 0.2) is 108 Å². The molecule has 1 aromatic heterocycles. The van der Waals surface area contributed by atoms with Crippen LogP contribution in [-0.2, 0) is 6.42 Å². The maximum atomic E-state index is 14.2. The number of amides is 1. The van der Waals surface area contributed by atoms with Gasteiger partial charge < -0.3 is 9.64 Å². The summed E-state index contributed by atoms with van der Waals surface area (Å²) in [5, 5.41) is 0.476. The van der Waals surface area contributed by atoms with Crippen LogP contribution in [0.2, 0.25) is 0 Å². The van der Waals surface area contributed by atoms with Gasteiger partial charge in [-0.15, -0.1) is 0 Å². The molecule has 0 fully saturated rings. The van der Waals surface area contributed by atoms with Crippen molar-refractivity contribution in [1.29, 1.82) is 0 Å². The van der Waals surface area contributed by atoms with Crippen molar-refractivity contribution >= 4 is 16.8 Å². The molecule has 0 aliphatic carbocycles. The number of carbonyl (C=O) groups excluding carboxylic acids is 1. The fourth-order valence-corrected chi connectivity index (χ4v) is 4.98. The zero-order valence-corrected chi connectivity index (χ0v) is 22.5. The minimum absolute atomic E-state index is 0.231. The number of carbonyl (C=O) groups is 1. The van der Waals surface area contributed by atoms with Crippen LogP contribution in [0.25, 0.3) is 16.6 Å². The molecule has 0 bridgehead atoms. The number of hydrogen-bond acceptors (Lipinski definition) is 4. The van der Waals surface area contributed by atoms with Crippen LogP contribution >= 0.6 is 0 Å². The van der Waals surface area contributed by atoms with Crippen LogP contribution in [0.3, 0.4) is 0 Å². The van der Waals surface area contributed by atoms with Crippen molar-refractivity contribution in [2.24, 2.45) is 0 Å². The normalized spacial score (nSPS) is 11.8. The van der Waals surface area contributed by atoms with Crippen molar-refractivity contribution in [1.82, 2.24) is 14.5 Å². The lowest BCUT2D eigenvalue weighted by atomic mass is 10.1. The molecule has 1 atom stereocenters. The van der Waals surface area contributed by atoms with Gasteiger partial charge >= 0.3 is 0 Å². The summed E-state index contributed by atoms with van der Waals surface area (Å²) in [7, 11) is 1.58. The highest BCUT2D eigenvalue weighted by molar-refractivity contribution is 5.94. The van der Waals surface area contributed by atoms with Gasteiger partial charge in [0, 0.05) is 12.1 Å². The molecule has 40 heavy (non-hydrogen) atoms. The van der Waals surface area contributed by atoms with Crippen LogP contribution in [0, 0.1) is 5.82 Å². The summed E-state index contributed by atoms with van der Waals surface area (Å²) < 4.78 is 21.1. The molecule has 1 amide bonds. The first-order valence-corrected chi connectivity index (χ1v) is 13.3. The van der Waals surface area contributed by atoms with Gasteiger partial charge in [0.05, 0.1) is 29.7 Å². The average Bonchev–Trinajstić information content (AvgIpc) is 2.99. The van der Waals surface area contributed by atoms with E-state index >= 15 is 0 Å². The summed E-state index contributed by atoms with van der Waals surface area (Å²) in [5.74, 6) is 0.283. The van der Waals surface area contributed by atoms with Gasteiger partial charge in [0.2, 0.25) is 0 Å². The van der Waals surface area contributed by atoms with E-state index in [0.717, 1.165) is 5.56 Å². The van der Waals surface area contributed by atoms with E-state index in [1.54, 1.807) is 65.1 Å². The van der Waals surface area contributed by atoms with E-state index < -0.39 is 11.9 Å². The van der Waals surface area contributed by atoms with Gasteiger partial charge in [-0.1, -0.05) is 55.5 Å². The smallest absolute Gasteiger partial charge is 0.266 e. The molecule has 4 aromatic carbocycles. The summed E-state index contributed by atoms with van der Waals surface area (Å²) in [5.41, 5.74) is 2.23. The summed E-state index contributed by atoms with van der Waals surface area (Å²) in [6, 6.07) is 29.4. The predicted molar refractivity (Wildman–Crippen MR) is 155 cm³/mol.